The van der Waals surface area contributed by atoms with Crippen LogP contribution in [0.2, 0.25) is 0 Å². The first-order valence-corrected chi connectivity index (χ1v) is 6.38. The molecule has 4 N–H and O–H groups in total. The molecule has 124 valence electrons. The van der Waals surface area contributed by atoms with Crippen LogP contribution in [0.4, 0.5) is 13.2 Å². The number of halogens is 3. The smallest absolute Gasteiger partial charge is 0.416 e. The van der Waals surface area contributed by atoms with Gasteiger partial charge in [0.05, 0.1) is 12.2 Å². The molecule has 1 fully saturated rings. The number of aliphatic hydroxyl groups is 4. The van der Waals surface area contributed by atoms with Crippen LogP contribution in [0, 0.1) is 0 Å². The molecule has 6 nitrogen and oxygen atoms in total. The second kappa shape index (κ2) is 6.39. The van der Waals surface area contributed by atoms with Crippen LogP contribution in [-0.4, -0.2) is 57.7 Å². The van der Waals surface area contributed by atoms with Crippen LogP contribution in [0.1, 0.15) is 5.56 Å². The van der Waals surface area contributed by atoms with Gasteiger partial charge in [-0.05, 0) is 18.2 Å². The van der Waals surface area contributed by atoms with Gasteiger partial charge in [-0.1, -0.05) is 6.07 Å². The number of rotatable bonds is 3. The van der Waals surface area contributed by atoms with E-state index in [1.54, 1.807) is 0 Å². The maximum Gasteiger partial charge on any atom is 0.416 e. The highest BCUT2D eigenvalue weighted by Gasteiger charge is 2.44. The number of aliphatic hydroxyl groups excluding tert-OH is 4. The summed E-state index contributed by atoms with van der Waals surface area (Å²) in [5.41, 5.74) is -0.949. The van der Waals surface area contributed by atoms with Crippen molar-refractivity contribution in [3.05, 3.63) is 29.8 Å². The van der Waals surface area contributed by atoms with Gasteiger partial charge >= 0.3 is 6.18 Å². The van der Waals surface area contributed by atoms with Crippen molar-refractivity contribution in [2.75, 3.05) is 6.61 Å². The summed E-state index contributed by atoms with van der Waals surface area (Å²) < 4.78 is 48.0. The number of hydrogen-bond acceptors (Lipinski definition) is 6. The summed E-state index contributed by atoms with van der Waals surface area (Å²) in [5, 5.41) is 37.9. The average molecular weight is 324 g/mol. The molecule has 1 aromatic carbocycles. The summed E-state index contributed by atoms with van der Waals surface area (Å²) in [6.45, 7) is -0.659. The van der Waals surface area contributed by atoms with Crippen LogP contribution >= 0.6 is 0 Å². The van der Waals surface area contributed by atoms with Crippen LogP contribution < -0.4 is 4.74 Å². The van der Waals surface area contributed by atoms with Crippen molar-refractivity contribution in [2.45, 2.75) is 36.9 Å². The van der Waals surface area contributed by atoms with Crippen LogP contribution in [0.15, 0.2) is 24.3 Å². The summed E-state index contributed by atoms with van der Waals surface area (Å²) in [5.74, 6) is -0.237. The molecule has 0 aliphatic carbocycles. The van der Waals surface area contributed by atoms with Crippen molar-refractivity contribution in [3.8, 4) is 5.75 Å². The molecule has 0 aromatic heterocycles. The molecule has 1 saturated heterocycles. The molecule has 0 spiro atoms. The SMILES string of the molecule is OCC1OC(Oc2cccc(C(F)(F)F)c2)C(O)C(O)C1O. The molecule has 2 rings (SSSR count). The van der Waals surface area contributed by atoms with Gasteiger partial charge in [0, 0.05) is 0 Å². The molecule has 5 unspecified atom stereocenters. The lowest BCUT2D eigenvalue weighted by Crippen LogP contribution is -2.60. The maximum absolute atomic E-state index is 12.6. The monoisotopic (exact) mass is 324 g/mol. The minimum Gasteiger partial charge on any atom is -0.462 e. The summed E-state index contributed by atoms with van der Waals surface area (Å²) in [6, 6.07) is 3.89. The standard InChI is InChI=1S/C13H15F3O6/c14-13(15,16)6-2-1-3-7(4-6)21-12-11(20)10(19)9(18)8(5-17)22-12/h1-4,8-12,17-20H,5H2. The fourth-order valence-corrected chi connectivity index (χ4v) is 2.04. The van der Waals surface area contributed by atoms with Gasteiger partial charge in [-0.3, -0.25) is 0 Å². The molecule has 0 saturated carbocycles. The van der Waals surface area contributed by atoms with E-state index in [9.17, 15) is 28.5 Å². The summed E-state index contributed by atoms with van der Waals surface area (Å²) >= 11 is 0. The van der Waals surface area contributed by atoms with E-state index in [2.05, 4.69) is 0 Å². The normalized spacial score (nSPS) is 32.8. The Hall–Kier alpha value is -1.39. The minimum absolute atomic E-state index is 0.237. The first-order chi connectivity index (χ1) is 10.2. The molecule has 22 heavy (non-hydrogen) atoms. The lowest BCUT2D eigenvalue weighted by molar-refractivity contribution is -0.277. The largest absolute Gasteiger partial charge is 0.462 e. The Kier molecular flexibility index (Phi) is 4.93. The Morgan fingerprint density at radius 3 is 2.36 bits per heavy atom. The zero-order valence-electron chi connectivity index (χ0n) is 11.1. The highest BCUT2D eigenvalue weighted by molar-refractivity contribution is 5.30. The molecule has 5 atom stereocenters. The molecule has 1 heterocycles. The average Bonchev–Trinajstić information content (AvgIpc) is 2.47. The molecule has 1 aromatic rings. The molecule has 0 amide bonds. The molecular weight excluding hydrogens is 309 g/mol. The predicted octanol–water partition coefficient (Wildman–Crippen LogP) is -0.116. The molecule has 0 radical (unpaired) electrons. The van der Waals surface area contributed by atoms with Gasteiger partial charge in [0.25, 0.3) is 0 Å². The first kappa shape index (κ1) is 17.0. The molecule has 1 aliphatic rings. The van der Waals surface area contributed by atoms with E-state index in [4.69, 9.17) is 14.6 Å². The third-order valence-electron chi connectivity index (χ3n) is 3.26. The van der Waals surface area contributed by atoms with Crippen LogP contribution in [0.25, 0.3) is 0 Å². The molecular formula is C13H15F3O6. The molecule has 9 heteroatoms. The van der Waals surface area contributed by atoms with Crippen LogP contribution in [0.5, 0.6) is 5.75 Å². The molecule has 0 bridgehead atoms. The van der Waals surface area contributed by atoms with Gasteiger partial charge < -0.3 is 29.9 Å². The number of benzene rings is 1. The zero-order valence-corrected chi connectivity index (χ0v) is 11.1. The van der Waals surface area contributed by atoms with Crippen LogP contribution in [0.3, 0.4) is 0 Å². The summed E-state index contributed by atoms with van der Waals surface area (Å²) in [6.07, 6.45) is -12.2. The van der Waals surface area contributed by atoms with E-state index >= 15 is 0 Å². The van der Waals surface area contributed by atoms with Gasteiger partial charge in [0.1, 0.15) is 30.2 Å². The topological polar surface area (TPSA) is 99.4 Å². The van der Waals surface area contributed by atoms with Gasteiger partial charge in [-0.25, -0.2) is 0 Å². The van der Waals surface area contributed by atoms with E-state index in [1.807, 2.05) is 0 Å². The number of alkyl halides is 3. The van der Waals surface area contributed by atoms with E-state index in [0.29, 0.717) is 6.07 Å². The predicted molar refractivity (Wildman–Crippen MR) is 65.8 cm³/mol. The van der Waals surface area contributed by atoms with Gasteiger partial charge in [0.2, 0.25) is 6.29 Å². The van der Waals surface area contributed by atoms with E-state index in [-0.39, 0.29) is 5.75 Å². The van der Waals surface area contributed by atoms with Crippen LogP contribution in [-0.2, 0) is 10.9 Å². The zero-order chi connectivity index (χ0) is 16.5. The number of hydrogen-bond donors (Lipinski definition) is 4. The quantitative estimate of drug-likeness (QED) is 0.619. The van der Waals surface area contributed by atoms with E-state index < -0.39 is 49.1 Å². The fourth-order valence-electron chi connectivity index (χ4n) is 2.04. The Bertz CT molecular complexity index is 507. The summed E-state index contributed by atoms with van der Waals surface area (Å²) in [4.78, 5) is 0. The van der Waals surface area contributed by atoms with Crippen molar-refractivity contribution in [3.63, 3.8) is 0 Å². The Labute approximate surface area is 123 Å². The Morgan fingerprint density at radius 2 is 1.77 bits per heavy atom. The fraction of sp³-hybridized carbons (Fsp3) is 0.538. The minimum atomic E-state index is -4.56. The van der Waals surface area contributed by atoms with Crippen molar-refractivity contribution < 1.29 is 43.1 Å². The lowest BCUT2D eigenvalue weighted by atomic mass is 9.99. The van der Waals surface area contributed by atoms with Crippen molar-refractivity contribution >= 4 is 0 Å². The number of ether oxygens (including phenoxy) is 2. The summed E-state index contributed by atoms with van der Waals surface area (Å²) in [7, 11) is 0. The van der Waals surface area contributed by atoms with Gasteiger partial charge in [-0.15, -0.1) is 0 Å². The van der Waals surface area contributed by atoms with E-state index in [0.717, 1.165) is 12.1 Å². The van der Waals surface area contributed by atoms with Crippen molar-refractivity contribution in [1.29, 1.82) is 0 Å². The Morgan fingerprint density at radius 1 is 1.09 bits per heavy atom. The second-order valence-electron chi connectivity index (χ2n) is 4.84. The molecule has 1 aliphatic heterocycles. The van der Waals surface area contributed by atoms with Gasteiger partial charge in [0.15, 0.2) is 0 Å². The van der Waals surface area contributed by atoms with Gasteiger partial charge in [-0.2, -0.15) is 13.2 Å². The van der Waals surface area contributed by atoms with Crippen molar-refractivity contribution in [1.82, 2.24) is 0 Å². The highest BCUT2D eigenvalue weighted by Crippen LogP contribution is 2.32. The second-order valence-corrected chi connectivity index (χ2v) is 4.84. The maximum atomic E-state index is 12.6. The third-order valence-corrected chi connectivity index (χ3v) is 3.26. The first-order valence-electron chi connectivity index (χ1n) is 6.38. The van der Waals surface area contributed by atoms with Crippen molar-refractivity contribution in [2.24, 2.45) is 0 Å². The van der Waals surface area contributed by atoms with E-state index in [1.165, 1.54) is 6.07 Å². The third kappa shape index (κ3) is 3.50. The lowest BCUT2D eigenvalue weighted by Gasteiger charge is -2.39. The Balaban J connectivity index is 2.16. The highest BCUT2D eigenvalue weighted by atomic mass is 19.4.